The van der Waals surface area contributed by atoms with Gasteiger partial charge in [-0.05, 0) is 31.5 Å². The van der Waals surface area contributed by atoms with Crippen molar-refractivity contribution in [2.75, 3.05) is 11.9 Å². The predicted octanol–water partition coefficient (Wildman–Crippen LogP) is 2.86. The molecule has 0 spiro atoms. The first-order chi connectivity index (χ1) is 7.50. The second-order valence-electron chi connectivity index (χ2n) is 3.99. The molecule has 1 atom stereocenters. The zero-order valence-electron chi connectivity index (χ0n) is 9.66. The van der Waals surface area contributed by atoms with Gasteiger partial charge in [-0.3, -0.25) is 4.79 Å². The summed E-state index contributed by atoms with van der Waals surface area (Å²) >= 11 is 0. The van der Waals surface area contributed by atoms with Gasteiger partial charge >= 0.3 is 5.97 Å². The molecule has 3 nitrogen and oxygen atoms in total. The predicted molar refractivity (Wildman–Crippen MR) is 65.8 cm³/mol. The van der Waals surface area contributed by atoms with Crippen molar-refractivity contribution in [2.24, 2.45) is 0 Å². The minimum Gasteiger partial charge on any atom is -0.481 e. The molecule has 2 N–H and O–H groups in total. The van der Waals surface area contributed by atoms with Crippen LogP contribution < -0.4 is 5.32 Å². The van der Waals surface area contributed by atoms with Crippen LogP contribution in [0.15, 0.2) is 36.4 Å². The number of aliphatic carboxylic acids is 1. The molecule has 0 bridgehead atoms. The lowest BCUT2D eigenvalue weighted by Crippen LogP contribution is -2.07. The molecule has 0 amide bonds. The standard InChI is InChI=1S/C13H17NO2/c1-9(2)8-14-12-6-4-11(5-7-12)10(3)13(15)16/h4-7,10,14H,1,8H2,2-3H3,(H,15,16)/t10-/m1/s1. The normalized spacial score (nSPS) is 11.9. The van der Waals surface area contributed by atoms with Gasteiger partial charge in [-0.2, -0.15) is 0 Å². The Morgan fingerprint density at radius 1 is 1.44 bits per heavy atom. The van der Waals surface area contributed by atoms with E-state index in [2.05, 4.69) is 11.9 Å². The average Bonchev–Trinajstić information content (AvgIpc) is 2.26. The van der Waals surface area contributed by atoms with Crippen molar-refractivity contribution < 1.29 is 9.90 Å². The van der Waals surface area contributed by atoms with Gasteiger partial charge in [0.2, 0.25) is 0 Å². The summed E-state index contributed by atoms with van der Waals surface area (Å²) < 4.78 is 0. The van der Waals surface area contributed by atoms with E-state index in [1.807, 2.05) is 31.2 Å². The third-order valence-corrected chi connectivity index (χ3v) is 2.38. The Morgan fingerprint density at radius 3 is 2.44 bits per heavy atom. The smallest absolute Gasteiger partial charge is 0.310 e. The monoisotopic (exact) mass is 219 g/mol. The number of carboxylic acids is 1. The highest BCUT2D eigenvalue weighted by Gasteiger charge is 2.12. The number of hydrogen-bond donors (Lipinski definition) is 2. The molecule has 3 heteroatoms. The highest BCUT2D eigenvalue weighted by Crippen LogP contribution is 2.18. The molecule has 0 aliphatic carbocycles. The zero-order valence-corrected chi connectivity index (χ0v) is 9.66. The summed E-state index contributed by atoms with van der Waals surface area (Å²) in [6, 6.07) is 7.44. The van der Waals surface area contributed by atoms with Crippen molar-refractivity contribution >= 4 is 11.7 Å². The first kappa shape index (κ1) is 12.3. The summed E-state index contributed by atoms with van der Waals surface area (Å²) in [5, 5.41) is 12.0. The van der Waals surface area contributed by atoms with E-state index < -0.39 is 11.9 Å². The fraction of sp³-hybridized carbons (Fsp3) is 0.308. The number of carbonyl (C=O) groups is 1. The van der Waals surface area contributed by atoms with Gasteiger partial charge in [-0.15, -0.1) is 0 Å². The molecule has 1 aromatic carbocycles. The first-order valence-electron chi connectivity index (χ1n) is 5.21. The molecule has 0 fully saturated rings. The highest BCUT2D eigenvalue weighted by molar-refractivity contribution is 5.75. The van der Waals surface area contributed by atoms with Crippen LogP contribution >= 0.6 is 0 Å². The minimum absolute atomic E-state index is 0.463. The Kier molecular flexibility index (Phi) is 4.11. The average molecular weight is 219 g/mol. The molecule has 1 aromatic rings. The second-order valence-corrected chi connectivity index (χ2v) is 3.99. The van der Waals surface area contributed by atoms with E-state index in [9.17, 15) is 4.79 Å². The molecule has 0 unspecified atom stereocenters. The van der Waals surface area contributed by atoms with E-state index in [4.69, 9.17) is 5.11 Å². The third-order valence-electron chi connectivity index (χ3n) is 2.38. The van der Waals surface area contributed by atoms with Crippen LogP contribution in [0.5, 0.6) is 0 Å². The largest absolute Gasteiger partial charge is 0.481 e. The van der Waals surface area contributed by atoms with Crippen molar-refractivity contribution in [3.63, 3.8) is 0 Å². The summed E-state index contributed by atoms with van der Waals surface area (Å²) in [4.78, 5) is 10.8. The Labute approximate surface area is 95.8 Å². The molecule has 0 saturated heterocycles. The summed E-state index contributed by atoms with van der Waals surface area (Å²) in [5.74, 6) is -1.27. The number of rotatable bonds is 5. The molecule has 16 heavy (non-hydrogen) atoms. The summed E-state index contributed by atoms with van der Waals surface area (Å²) in [6.07, 6.45) is 0. The van der Waals surface area contributed by atoms with E-state index in [-0.39, 0.29) is 0 Å². The van der Waals surface area contributed by atoms with Gasteiger partial charge in [0.25, 0.3) is 0 Å². The van der Waals surface area contributed by atoms with Crippen molar-refractivity contribution in [1.82, 2.24) is 0 Å². The third kappa shape index (κ3) is 3.42. The minimum atomic E-state index is -0.803. The lowest BCUT2D eigenvalue weighted by molar-refractivity contribution is -0.138. The molecule has 0 aliphatic heterocycles. The van der Waals surface area contributed by atoms with Crippen LogP contribution in [0, 0.1) is 0 Å². The van der Waals surface area contributed by atoms with E-state index in [1.165, 1.54) is 0 Å². The van der Waals surface area contributed by atoms with E-state index in [1.54, 1.807) is 6.92 Å². The van der Waals surface area contributed by atoms with Gasteiger partial charge in [0.05, 0.1) is 5.92 Å². The molecule has 1 rings (SSSR count). The number of anilines is 1. The van der Waals surface area contributed by atoms with Crippen LogP contribution in [-0.4, -0.2) is 17.6 Å². The lowest BCUT2D eigenvalue weighted by Gasteiger charge is -2.09. The Bertz CT molecular complexity index is 381. The molecule has 0 aromatic heterocycles. The van der Waals surface area contributed by atoms with E-state index >= 15 is 0 Å². The molecule has 0 heterocycles. The van der Waals surface area contributed by atoms with E-state index in [0.717, 1.165) is 23.4 Å². The second kappa shape index (κ2) is 5.35. The van der Waals surface area contributed by atoms with Crippen molar-refractivity contribution in [1.29, 1.82) is 0 Å². The van der Waals surface area contributed by atoms with Gasteiger partial charge in [0.1, 0.15) is 0 Å². The van der Waals surface area contributed by atoms with Gasteiger partial charge in [-0.25, -0.2) is 0 Å². The number of benzene rings is 1. The number of carboxylic acid groups (broad SMARTS) is 1. The molecule has 0 radical (unpaired) electrons. The fourth-order valence-corrected chi connectivity index (χ4v) is 1.29. The maximum atomic E-state index is 10.8. The summed E-state index contributed by atoms with van der Waals surface area (Å²) in [6.45, 7) is 8.16. The SMILES string of the molecule is C=C(C)CNc1ccc([C@@H](C)C(=O)O)cc1. The van der Waals surface area contributed by atoms with E-state index in [0.29, 0.717) is 0 Å². The Morgan fingerprint density at radius 2 is 2.00 bits per heavy atom. The lowest BCUT2D eigenvalue weighted by atomic mass is 10.0. The van der Waals surface area contributed by atoms with Crippen LogP contribution in [0.1, 0.15) is 25.3 Å². The molecule has 0 saturated carbocycles. The maximum absolute atomic E-state index is 10.8. The van der Waals surface area contributed by atoms with Crippen LogP contribution in [0.2, 0.25) is 0 Å². The van der Waals surface area contributed by atoms with Crippen LogP contribution in [0.4, 0.5) is 5.69 Å². The summed E-state index contributed by atoms with van der Waals surface area (Å²) in [5.41, 5.74) is 2.85. The van der Waals surface area contributed by atoms with Gasteiger partial charge < -0.3 is 10.4 Å². The van der Waals surface area contributed by atoms with Crippen molar-refractivity contribution in [3.05, 3.63) is 42.0 Å². The topological polar surface area (TPSA) is 49.3 Å². The molecular formula is C13H17NO2. The molecule has 0 aliphatic rings. The van der Waals surface area contributed by atoms with Crippen molar-refractivity contribution in [2.45, 2.75) is 19.8 Å². The van der Waals surface area contributed by atoms with Gasteiger partial charge in [-0.1, -0.05) is 24.3 Å². The van der Waals surface area contributed by atoms with Crippen molar-refractivity contribution in [3.8, 4) is 0 Å². The Hall–Kier alpha value is -1.77. The van der Waals surface area contributed by atoms with Crippen LogP contribution in [-0.2, 0) is 4.79 Å². The van der Waals surface area contributed by atoms with Gasteiger partial charge in [0, 0.05) is 12.2 Å². The van der Waals surface area contributed by atoms with Crippen LogP contribution in [0.25, 0.3) is 0 Å². The quantitative estimate of drug-likeness (QED) is 0.749. The fourth-order valence-electron chi connectivity index (χ4n) is 1.29. The molecular weight excluding hydrogens is 202 g/mol. The molecule has 86 valence electrons. The van der Waals surface area contributed by atoms with Gasteiger partial charge in [0.15, 0.2) is 0 Å². The summed E-state index contributed by atoms with van der Waals surface area (Å²) in [7, 11) is 0. The highest BCUT2D eigenvalue weighted by atomic mass is 16.4. The number of hydrogen-bond acceptors (Lipinski definition) is 2. The Balaban J connectivity index is 2.67. The van der Waals surface area contributed by atoms with Crippen LogP contribution in [0.3, 0.4) is 0 Å². The zero-order chi connectivity index (χ0) is 12.1. The first-order valence-corrected chi connectivity index (χ1v) is 5.21. The maximum Gasteiger partial charge on any atom is 0.310 e. The number of nitrogens with one attached hydrogen (secondary N) is 1.